The van der Waals surface area contributed by atoms with Crippen LogP contribution in [0.1, 0.15) is 47.8 Å². The van der Waals surface area contributed by atoms with Crippen molar-refractivity contribution >= 4 is 0 Å². The molecular formula is C16H19NO2. The second kappa shape index (κ2) is 4.74. The van der Waals surface area contributed by atoms with E-state index >= 15 is 0 Å². The maximum absolute atomic E-state index is 10.1. The number of hydrogen-bond acceptors (Lipinski definition) is 3. The average Bonchev–Trinajstić information content (AvgIpc) is 2.99. The van der Waals surface area contributed by atoms with Gasteiger partial charge in [0.2, 0.25) is 0 Å². The second-order valence-corrected chi connectivity index (χ2v) is 5.38. The minimum absolute atomic E-state index is 0.204. The Bertz CT molecular complexity index is 575. The van der Waals surface area contributed by atoms with Gasteiger partial charge in [0.15, 0.2) is 0 Å². The van der Waals surface area contributed by atoms with Gasteiger partial charge in [0.1, 0.15) is 11.5 Å². The summed E-state index contributed by atoms with van der Waals surface area (Å²) >= 11 is 0. The molecule has 3 rings (SSSR count). The van der Waals surface area contributed by atoms with E-state index in [1.165, 1.54) is 11.1 Å². The third-order valence-electron chi connectivity index (χ3n) is 4.02. The average molecular weight is 257 g/mol. The number of aromatic hydroxyl groups is 1. The first-order chi connectivity index (χ1) is 9.16. The van der Waals surface area contributed by atoms with Crippen LogP contribution in [-0.2, 0) is 6.54 Å². The Morgan fingerprint density at radius 3 is 2.89 bits per heavy atom. The Morgan fingerprint density at radius 1 is 1.32 bits per heavy atom. The van der Waals surface area contributed by atoms with E-state index < -0.39 is 0 Å². The van der Waals surface area contributed by atoms with Gasteiger partial charge in [-0.1, -0.05) is 13.0 Å². The van der Waals surface area contributed by atoms with Crippen molar-refractivity contribution in [2.24, 2.45) is 0 Å². The van der Waals surface area contributed by atoms with Crippen molar-refractivity contribution in [1.29, 1.82) is 0 Å². The van der Waals surface area contributed by atoms with E-state index in [1.54, 1.807) is 12.3 Å². The topological polar surface area (TPSA) is 45.4 Å². The van der Waals surface area contributed by atoms with Crippen molar-refractivity contribution in [2.75, 3.05) is 0 Å². The number of fused-ring (bicyclic) bond motifs is 1. The number of nitrogens with one attached hydrogen (secondary N) is 1. The zero-order valence-corrected chi connectivity index (χ0v) is 11.3. The maximum atomic E-state index is 10.1. The molecule has 0 saturated carbocycles. The van der Waals surface area contributed by atoms with Gasteiger partial charge in [0, 0.05) is 11.6 Å². The van der Waals surface area contributed by atoms with Crippen molar-refractivity contribution in [1.82, 2.24) is 5.32 Å². The van der Waals surface area contributed by atoms with Gasteiger partial charge >= 0.3 is 0 Å². The first-order valence-corrected chi connectivity index (χ1v) is 6.75. The van der Waals surface area contributed by atoms with Gasteiger partial charge in [-0.2, -0.15) is 0 Å². The number of furan rings is 1. The molecule has 1 heterocycles. The standard InChI is InChI=1S/C16H19NO2/c1-10-5-6-14(18)16-13(8-11(2)15(10)16)17-9-12-4-3-7-19-12/h3-7,11,13,17-18H,8-9H2,1-2H3. The van der Waals surface area contributed by atoms with E-state index in [9.17, 15) is 5.11 Å². The predicted molar refractivity (Wildman–Crippen MR) is 74.2 cm³/mol. The fraction of sp³-hybridized carbons (Fsp3) is 0.375. The molecule has 0 radical (unpaired) electrons. The predicted octanol–water partition coefficient (Wildman–Crippen LogP) is 3.63. The summed E-state index contributed by atoms with van der Waals surface area (Å²) in [6, 6.07) is 7.86. The summed E-state index contributed by atoms with van der Waals surface area (Å²) in [5.74, 6) is 1.81. The molecule has 3 heteroatoms. The minimum atomic E-state index is 0.204. The molecule has 19 heavy (non-hydrogen) atoms. The smallest absolute Gasteiger partial charge is 0.120 e. The molecule has 2 N–H and O–H groups in total. The van der Waals surface area contributed by atoms with Crippen LogP contribution < -0.4 is 5.32 Å². The lowest BCUT2D eigenvalue weighted by molar-refractivity contribution is 0.422. The van der Waals surface area contributed by atoms with E-state index in [2.05, 4.69) is 19.2 Å². The van der Waals surface area contributed by atoms with E-state index in [0.717, 1.165) is 17.7 Å². The highest BCUT2D eigenvalue weighted by Gasteiger charge is 2.31. The van der Waals surface area contributed by atoms with E-state index in [-0.39, 0.29) is 6.04 Å². The summed E-state index contributed by atoms with van der Waals surface area (Å²) < 4.78 is 5.34. The van der Waals surface area contributed by atoms with Gasteiger partial charge in [0.25, 0.3) is 0 Å². The van der Waals surface area contributed by atoms with E-state index in [4.69, 9.17) is 4.42 Å². The first kappa shape index (κ1) is 12.3. The number of aryl methyl sites for hydroxylation is 1. The molecule has 100 valence electrons. The van der Waals surface area contributed by atoms with Crippen molar-refractivity contribution in [3.8, 4) is 5.75 Å². The SMILES string of the molecule is Cc1ccc(O)c2c1C(C)CC2NCc1ccco1. The summed E-state index contributed by atoms with van der Waals surface area (Å²) in [6.07, 6.45) is 2.71. The fourth-order valence-electron chi connectivity index (χ4n) is 3.17. The molecule has 0 saturated heterocycles. The minimum Gasteiger partial charge on any atom is -0.508 e. The van der Waals surface area contributed by atoms with Crippen LogP contribution in [0.25, 0.3) is 0 Å². The highest BCUT2D eigenvalue weighted by Crippen LogP contribution is 2.45. The van der Waals surface area contributed by atoms with Crippen molar-refractivity contribution in [3.05, 3.63) is 53.0 Å². The number of phenolic OH excluding ortho intramolecular Hbond substituents is 1. The lowest BCUT2D eigenvalue weighted by Crippen LogP contribution is -2.18. The Hall–Kier alpha value is -1.74. The molecule has 1 aromatic carbocycles. The summed E-state index contributed by atoms with van der Waals surface area (Å²) in [4.78, 5) is 0. The molecule has 2 unspecified atom stereocenters. The van der Waals surface area contributed by atoms with Crippen LogP contribution in [0.5, 0.6) is 5.75 Å². The molecular weight excluding hydrogens is 238 g/mol. The van der Waals surface area contributed by atoms with Crippen LogP contribution in [-0.4, -0.2) is 5.11 Å². The summed E-state index contributed by atoms with van der Waals surface area (Å²) in [5, 5.41) is 13.6. The maximum Gasteiger partial charge on any atom is 0.120 e. The van der Waals surface area contributed by atoms with Crippen LogP contribution >= 0.6 is 0 Å². The molecule has 1 aliphatic rings. The highest BCUT2D eigenvalue weighted by molar-refractivity contribution is 5.50. The largest absolute Gasteiger partial charge is 0.508 e. The normalized spacial score (nSPS) is 21.6. The zero-order valence-electron chi connectivity index (χ0n) is 11.3. The number of benzene rings is 1. The highest BCUT2D eigenvalue weighted by atomic mass is 16.3. The molecule has 2 atom stereocenters. The van der Waals surface area contributed by atoms with Gasteiger partial charge < -0.3 is 14.8 Å². The molecule has 0 bridgehead atoms. The summed E-state index contributed by atoms with van der Waals surface area (Å²) in [6.45, 7) is 5.03. The summed E-state index contributed by atoms with van der Waals surface area (Å²) in [5.41, 5.74) is 3.64. The van der Waals surface area contributed by atoms with Gasteiger partial charge in [-0.3, -0.25) is 0 Å². The molecule has 1 aliphatic carbocycles. The first-order valence-electron chi connectivity index (χ1n) is 6.75. The number of rotatable bonds is 3. The van der Waals surface area contributed by atoms with Gasteiger partial charge in [-0.05, 0) is 48.6 Å². The Labute approximate surface area is 113 Å². The van der Waals surface area contributed by atoms with Crippen molar-refractivity contribution in [2.45, 2.75) is 38.8 Å². The molecule has 1 aromatic heterocycles. The van der Waals surface area contributed by atoms with Crippen LogP contribution in [0.15, 0.2) is 34.9 Å². The Balaban J connectivity index is 1.85. The number of phenols is 1. The molecule has 0 aliphatic heterocycles. The van der Waals surface area contributed by atoms with E-state index in [0.29, 0.717) is 18.2 Å². The van der Waals surface area contributed by atoms with Gasteiger partial charge in [0.05, 0.1) is 12.8 Å². The lowest BCUT2D eigenvalue weighted by Gasteiger charge is -2.15. The quantitative estimate of drug-likeness (QED) is 0.882. The molecule has 0 fully saturated rings. The third-order valence-corrected chi connectivity index (χ3v) is 4.02. The molecule has 2 aromatic rings. The van der Waals surface area contributed by atoms with E-state index in [1.807, 2.05) is 18.2 Å². The Kier molecular flexibility index (Phi) is 3.07. The van der Waals surface area contributed by atoms with Crippen molar-refractivity contribution < 1.29 is 9.52 Å². The van der Waals surface area contributed by atoms with Crippen molar-refractivity contribution in [3.63, 3.8) is 0 Å². The second-order valence-electron chi connectivity index (χ2n) is 5.38. The van der Waals surface area contributed by atoms with Crippen LogP contribution in [0.3, 0.4) is 0 Å². The zero-order chi connectivity index (χ0) is 13.4. The number of hydrogen-bond donors (Lipinski definition) is 2. The van der Waals surface area contributed by atoms with Crippen LogP contribution in [0.2, 0.25) is 0 Å². The Morgan fingerprint density at radius 2 is 2.16 bits per heavy atom. The lowest BCUT2D eigenvalue weighted by atomic mass is 9.97. The van der Waals surface area contributed by atoms with Gasteiger partial charge in [-0.25, -0.2) is 0 Å². The molecule has 0 amide bonds. The van der Waals surface area contributed by atoms with Crippen LogP contribution in [0.4, 0.5) is 0 Å². The fourth-order valence-corrected chi connectivity index (χ4v) is 3.17. The molecule has 3 nitrogen and oxygen atoms in total. The third kappa shape index (κ3) is 2.15. The van der Waals surface area contributed by atoms with Crippen LogP contribution in [0, 0.1) is 6.92 Å². The van der Waals surface area contributed by atoms with Gasteiger partial charge in [-0.15, -0.1) is 0 Å². The summed E-state index contributed by atoms with van der Waals surface area (Å²) in [7, 11) is 0. The monoisotopic (exact) mass is 257 g/mol. The molecule has 0 spiro atoms.